The van der Waals surface area contributed by atoms with E-state index in [1.54, 1.807) is 42.5 Å². The maximum Gasteiger partial charge on any atom is 0.300 e. The Hall–Kier alpha value is -4.46. The van der Waals surface area contributed by atoms with Gasteiger partial charge in [0.05, 0.1) is 24.3 Å². The normalized spacial score (nSPS) is 18.3. The Morgan fingerprint density at radius 3 is 2.36 bits per heavy atom. The number of para-hydroxylation sites is 1. The van der Waals surface area contributed by atoms with Gasteiger partial charge in [0.15, 0.2) is 11.5 Å². The predicted molar refractivity (Wildman–Crippen MR) is 136 cm³/mol. The second-order valence-corrected chi connectivity index (χ2v) is 8.68. The van der Waals surface area contributed by atoms with E-state index >= 15 is 0 Å². The Morgan fingerprint density at radius 1 is 0.972 bits per heavy atom. The maximum absolute atomic E-state index is 13.5. The van der Waals surface area contributed by atoms with Crippen molar-refractivity contribution in [2.75, 3.05) is 44.2 Å². The molecule has 1 atom stereocenters. The molecule has 3 aromatic rings. The van der Waals surface area contributed by atoms with Crippen molar-refractivity contribution in [3.8, 4) is 17.2 Å². The fourth-order valence-electron chi connectivity index (χ4n) is 4.54. The first-order valence-corrected chi connectivity index (χ1v) is 11.5. The number of fused-ring (bicyclic) bond motifs is 1. The number of hydrogen-bond acceptors (Lipinski definition) is 7. The average molecular weight is 487 g/mol. The van der Waals surface area contributed by atoms with Crippen molar-refractivity contribution < 1.29 is 28.9 Å². The Bertz CT molecular complexity index is 1360. The van der Waals surface area contributed by atoms with Gasteiger partial charge in [0.25, 0.3) is 11.7 Å². The fraction of sp³-hybridized carbons (Fsp3) is 0.214. The lowest BCUT2D eigenvalue weighted by Crippen LogP contribution is -2.29. The average Bonchev–Trinajstić information content (AvgIpc) is 3.18. The quantitative estimate of drug-likeness (QED) is 0.329. The van der Waals surface area contributed by atoms with Crippen molar-refractivity contribution in [2.45, 2.75) is 6.04 Å². The maximum atomic E-state index is 13.5. The van der Waals surface area contributed by atoms with E-state index in [2.05, 4.69) is 0 Å². The highest BCUT2D eigenvalue weighted by Gasteiger charge is 2.47. The number of methoxy groups -OCH3 is 1. The standard InChI is InChI=1S/C28H26N2O6/c1-29(2)18-10-8-17(9-11-18)25-24(26(31)20-6-4-5-7-21(20)34-3)27(32)28(33)30(25)19-12-13-22-23(16-19)36-15-14-35-22/h4-13,16,25,31H,14-15H2,1-3H3/b26-24+. The third-order valence-corrected chi connectivity index (χ3v) is 6.34. The minimum atomic E-state index is -0.867. The number of ketones is 1. The van der Waals surface area contributed by atoms with Crippen molar-refractivity contribution in [1.29, 1.82) is 0 Å². The SMILES string of the molecule is COc1ccccc1/C(O)=C1\C(=O)C(=O)N(c2ccc3c(c2)OCCO3)C1c1ccc(N(C)C)cc1. The second-order valence-electron chi connectivity index (χ2n) is 8.68. The summed E-state index contributed by atoms with van der Waals surface area (Å²) in [5.74, 6) is -0.371. The molecule has 1 unspecified atom stereocenters. The number of carbonyl (C=O) groups excluding carboxylic acids is 2. The van der Waals surface area contributed by atoms with Gasteiger partial charge >= 0.3 is 0 Å². The zero-order valence-corrected chi connectivity index (χ0v) is 20.2. The number of aliphatic hydroxyl groups excluding tert-OH is 1. The van der Waals surface area contributed by atoms with Crippen LogP contribution in [0.25, 0.3) is 5.76 Å². The number of nitrogens with zero attached hydrogens (tertiary/aromatic N) is 2. The molecule has 0 aliphatic carbocycles. The lowest BCUT2D eigenvalue weighted by molar-refractivity contribution is -0.132. The molecule has 0 aromatic heterocycles. The highest BCUT2D eigenvalue weighted by Crippen LogP contribution is 2.45. The zero-order valence-electron chi connectivity index (χ0n) is 20.2. The van der Waals surface area contributed by atoms with Gasteiger partial charge < -0.3 is 24.2 Å². The molecule has 1 saturated heterocycles. The van der Waals surface area contributed by atoms with Crippen LogP contribution in [0.15, 0.2) is 72.3 Å². The summed E-state index contributed by atoms with van der Waals surface area (Å²) in [6, 6.07) is 18.6. The predicted octanol–water partition coefficient (Wildman–Crippen LogP) is 4.16. The lowest BCUT2D eigenvalue weighted by Gasteiger charge is -2.27. The molecular weight excluding hydrogens is 460 g/mol. The van der Waals surface area contributed by atoms with Crippen LogP contribution in [0.4, 0.5) is 11.4 Å². The topological polar surface area (TPSA) is 88.5 Å². The van der Waals surface area contributed by atoms with Gasteiger partial charge in [-0.1, -0.05) is 24.3 Å². The first-order chi connectivity index (χ1) is 17.4. The van der Waals surface area contributed by atoms with E-state index in [4.69, 9.17) is 14.2 Å². The van der Waals surface area contributed by atoms with Crippen LogP contribution >= 0.6 is 0 Å². The molecule has 5 rings (SSSR count). The summed E-state index contributed by atoms with van der Waals surface area (Å²) in [5.41, 5.74) is 2.40. The van der Waals surface area contributed by atoms with Crippen LogP contribution in [0.3, 0.4) is 0 Å². The van der Waals surface area contributed by atoms with Crippen molar-refractivity contribution in [3.05, 3.63) is 83.4 Å². The summed E-state index contributed by atoms with van der Waals surface area (Å²) in [5, 5.41) is 11.4. The number of benzene rings is 3. The molecule has 0 spiro atoms. The van der Waals surface area contributed by atoms with Gasteiger partial charge in [-0.15, -0.1) is 0 Å². The highest BCUT2D eigenvalue weighted by molar-refractivity contribution is 6.51. The van der Waals surface area contributed by atoms with Gasteiger partial charge in [-0.05, 0) is 42.0 Å². The van der Waals surface area contributed by atoms with E-state index in [9.17, 15) is 14.7 Å². The van der Waals surface area contributed by atoms with E-state index in [0.29, 0.717) is 47.3 Å². The van der Waals surface area contributed by atoms with Crippen LogP contribution in [0.5, 0.6) is 17.2 Å². The summed E-state index contributed by atoms with van der Waals surface area (Å²) >= 11 is 0. The summed E-state index contributed by atoms with van der Waals surface area (Å²) in [7, 11) is 5.34. The molecule has 8 nitrogen and oxygen atoms in total. The smallest absolute Gasteiger partial charge is 0.300 e. The van der Waals surface area contributed by atoms with Crippen LogP contribution in [-0.4, -0.2) is 51.2 Å². The first-order valence-electron chi connectivity index (χ1n) is 11.5. The summed E-state index contributed by atoms with van der Waals surface area (Å²) in [6.45, 7) is 0.826. The third kappa shape index (κ3) is 3.90. The van der Waals surface area contributed by atoms with Gasteiger partial charge in [0.1, 0.15) is 24.7 Å². The van der Waals surface area contributed by atoms with Crippen LogP contribution < -0.4 is 24.0 Å². The number of amides is 1. The Morgan fingerprint density at radius 2 is 1.67 bits per heavy atom. The molecule has 0 bridgehead atoms. The number of anilines is 2. The number of hydrogen-bond donors (Lipinski definition) is 1. The fourth-order valence-corrected chi connectivity index (χ4v) is 4.54. The highest BCUT2D eigenvalue weighted by atomic mass is 16.6. The molecule has 0 radical (unpaired) electrons. The number of aliphatic hydroxyl groups is 1. The molecule has 184 valence electrons. The number of Topliss-reactive ketones (excluding diaryl/α,β-unsaturated/α-hetero) is 1. The molecule has 3 aromatic carbocycles. The molecule has 2 aliphatic rings. The molecule has 1 amide bonds. The number of carbonyl (C=O) groups is 2. The molecule has 2 aliphatic heterocycles. The van der Waals surface area contributed by atoms with Gasteiger partial charge in [0, 0.05) is 31.5 Å². The zero-order chi connectivity index (χ0) is 25.4. The Labute approximate surface area is 208 Å². The molecular formula is C28H26N2O6. The Kier molecular flexibility index (Phi) is 6.01. The van der Waals surface area contributed by atoms with Crippen molar-refractivity contribution in [1.82, 2.24) is 0 Å². The largest absolute Gasteiger partial charge is 0.507 e. The molecule has 8 heteroatoms. The summed E-state index contributed by atoms with van der Waals surface area (Å²) in [6.07, 6.45) is 0. The van der Waals surface area contributed by atoms with E-state index in [1.165, 1.54) is 12.0 Å². The summed E-state index contributed by atoms with van der Waals surface area (Å²) < 4.78 is 16.7. The van der Waals surface area contributed by atoms with Crippen LogP contribution in [0.1, 0.15) is 17.2 Å². The van der Waals surface area contributed by atoms with E-state index < -0.39 is 17.7 Å². The number of ether oxygens (including phenoxy) is 3. The van der Waals surface area contributed by atoms with Crippen molar-refractivity contribution in [2.24, 2.45) is 0 Å². The Balaban J connectivity index is 1.70. The van der Waals surface area contributed by atoms with Crippen LogP contribution in [0, 0.1) is 0 Å². The van der Waals surface area contributed by atoms with E-state index in [-0.39, 0.29) is 11.3 Å². The lowest BCUT2D eigenvalue weighted by atomic mass is 9.94. The van der Waals surface area contributed by atoms with Crippen LogP contribution in [-0.2, 0) is 9.59 Å². The second kappa shape index (κ2) is 9.30. The van der Waals surface area contributed by atoms with Gasteiger partial charge in [-0.3, -0.25) is 14.5 Å². The van der Waals surface area contributed by atoms with E-state index in [1.807, 2.05) is 43.3 Å². The molecule has 1 fully saturated rings. The van der Waals surface area contributed by atoms with Crippen molar-refractivity contribution in [3.63, 3.8) is 0 Å². The summed E-state index contributed by atoms with van der Waals surface area (Å²) in [4.78, 5) is 30.2. The molecule has 1 N–H and O–H groups in total. The van der Waals surface area contributed by atoms with Crippen molar-refractivity contribution >= 4 is 28.8 Å². The van der Waals surface area contributed by atoms with Gasteiger partial charge in [-0.2, -0.15) is 0 Å². The number of rotatable bonds is 5. The van der Waals surface area contributed by atoms with Gasteiger partial charge in [0.2, 0.25) is 0 Å². The van der Waals surface area contributed by atoms with Crippen LogP contribution in [0.2, 0.25) is 0 Å². The van der Waals surface area contributed by atoms with E-state index in [0.717, 1.165) is 5.69 Å². The first kappa shape index (κ1) is 23.3. The minimum absolute atomic E-state index is 0.0167. The molecule has 2 heterocycles. The van der Waals surface area contributed by atoms with Gasteiger partial charge in [-0.25, -0.2) is 0 Å². The third-order valence-electron chi connectivity index (χ3n) is 6.34. The molecule has 0 saturated carbocycles. The molecule has 36 heavy (non-hydrogen) atoms. The monoisotopic (exact) mass is 486 g/mol. The minimum Gasteiger partial charge on any atom is -0.507 e.